The van der Waals surface area contributed by atoms with Crippen LogP contribution in [0.25, 0.3) is 0 Å². The topological polar surface area (TPSA) is 29.4 Å². The zero-order valence-electron chi connectivity index (χ0n) is 12.5. The van der Waals surface area contributed by atoms with Crippen molar-refractivity contribution in [1.82, 2.24) is 0 Å². The Kier molecular flexibility index (Phi) is 3.89. The van der Waals surface area contributed by atoms with Gasteiger partial charge >= 0.3 is 0 Å². The van der Waals surface area contributed by atoms with Gasteiger partial charge in [0.2, 0.25) is 0 Å². The van der Waals surface area contributed by atoms with Crippen molar-refractivity contribution in [3.63, 3.8) is 0 Å². The minimum Gasteiger partial charge on any atom is -0.299 e. The first-order valence-electron chi connectivity index (χ1n) is 6.84. The fraction of sp³-hybridized carbons (Fsp3) is 0.412. The minimum absolute atomic E-state index is 0.0733. The number of benzene rings is 1. The molecule has 106 valence electrons. The van der Waals surface area contributed by atoms with Crippen molar-refractivity contribution >= 4 is 11.5 Å². The Labute approximate surface area is 119 Å². The molecule has 1 fully saturated rings. The maximum Gasteiger partial charge on any atom is 0.141 e. The van der Waals surface area contributed by atoms with Crippen LogP contribution in [0.3, 0.4) is 0 Å². The zero-order chi connectivity index (χ0) is 14.9. The number of carbonyl (C=O) groups is 1. The first-order valence-corrected chi connectivity index (χ1v) is 6.84. The molecule has 0 spiro atoms. The Morgan fingerprint density at radius 1 is 1.40 bits per heavy atom. The lowest BCUT2D eigenvalue weighted by Crippen LogP contribution is -2.32. The Balaban J connectivity index is 2.65. The van der Waals surface area contributed by atoms with Crippen molar-refractivity contribution in [3.05, 3.63) is 46.8 Å². The number of nitrogens with zero attached hydrogens (tertiary/aromatic N) is 1. The molecule has 20 heavy (non-hydrogen) atoms. The van der Waals surface area contributed by atoms with E-state index in [1.807, 2.05) is 19.1 Å². The Morgan fingerprint density at radius 2 is 2.10 bits per heavy atom. The summed E-state index contributed by atoms with van der Waals surface area (Å²) in [5, 5.41) is 0. The van der Waals surface area contributed by atoms with Gasteiger partial charge in [-0.2, -0.15) is 0 Å². The van der Waals surface area contributed by atoms with Crippen LogP contribution in [0.15, 0.2) is 34.8 Å². The molecular formula is C17H20FNO. The van der Waals surface area contributed by atoms with Crippen LogP contribution < -0.4 is 0 Å². The maximum absolute atomic E-state index is 13.9. The molecule has 0 aliphatic heterocycles. The summed E-state index contributed by atoms with van der Waals surface area (Å²) in [5.41, 5.74) is 2.74. The summed E-state index contributed by atoms with van der Waals surface area (Å²) >= 11 is 0. The number of carbonyl (C=O) groups excluding carboxylic acids is 1. The second kappa shape index (κ2) is 5.31. The summed E-state index contributed by atoms with van der Waals surface area (Å²) < 4.78 is 13.9. The largest absolute Gasteiger partial charge is 0.299 e. The average molecular weight is 273 g/mol. The predicted octanol–water partition coefficient (Wildman–Crippen LogP) is 3.77. The third kappa shape index (κ3) is 2.11. The van der Waals surface area contributed by atoms with Crippen LogP contribution in [0.5, 0.6) is 0 Å². The van der Waals surface area contributed by atoms with E-state index in [0.717, 1.165) is 16.8 Å². The Hall–Kier alpha value is -1.77. The highest BCUT2D eigenvalue weighted by Crippen LogP contribution is 2.44. The standard InChI is InChI=1S/C17H20FNO/c1-5-13-9-17(12(3)20,10-16(13)19-4)14-7-6-8-15(18)11(14)2/h5-8H,9-10H2,1-4H3/b13-5-,19-16-/t17-/m1/s1. The van der Waals surface area contributed by atoms with Gasteiger partial charge in [-0.1, -0.05) is 18.2 Å². The highest BCUT2D eigenvalue weighted by molar-refractivity contribution is 6.09. The van der Waals surface area contributed by atoms with Crippen LogP contribution in [0, 0.1) is 12.7 Å². The maximum atomic E-state index is 13.9. The lowest BCUT2D eigenvalue weighted by molar-refractivity contribution is -0.122. The molecule has 0 amide bonds. The molecule has 1 atom stereocenters. The molecule has 2 nitrogen and oxygen atoms in total. The normalized spacial score (nSPS) is 26.4. The monoisotopic (exact) mass is 273 g/mol. The van der Waals surface area contributed by atoms with Crippen molar-refractivity contribution in [2.45, 2.75) is 39.0 Å². The number of ketones is 1. The van der Waals surface area contributed by atoms with E-state index in [-0.39, 0.29) is 11.6 Å². The summed E-state index contributed by atoms with van der Waals surface area (Å²) in [6.45, 7) is 5.29. The molecule has 0 aromatic heterocycles. The molecular weight excluding hydrogens is 253 g/mol. The van der Waals surface area contributed by atoms with Gasteiger partial charge in [0.25, 0.3) is 0 Å². The Bertz CT molecular complexity index is 593. The second-order valence-electron chi connectivity index (χ2n) is 5.39. The number of allylic oxidation sites excluding steroid dienone is 2. The summed E-state index contributed by atoms with van der Waals surface area (Å²) in [6.07, 6.45) is 3.17. The van der Waals surface area contributed by atoms with Crippen LogP contribution in [-0.2, 0) is 10.2 Å². The van der Waals surface area contributed by atoms with Gasteiger partial charge in [-0.05, 0) is 50.0 Å². The van der Waals surface area contributed by atoms with E-state index in [1.54, 1.807) is 27.0 Å². The highest BCUT2D eigenvalue weighted by atomic mass is 19.1. The van der Waals surface area contributed by atoms with Crippen LogP contribution in [0.2, 0.25) is 0 Å². The molecule has 2 rings (SSSR count). The molecule has 0 N–H and O–H groups in total. The van der Waals surface area contributed by atoms with Crippen molar-refractivity contribution in [3.8, 4) is 0 Å². The van der Waals surface area contributed by atoms with E-state index in [1.165, 1.54) is 6.07 Å². The number of Topliss-reactive ketones (excluding diaryl/α,β-unsaturated/α-hetero) is 1. The average Bonchev–Trinajstić information content (AvgIpc) is 2.82. The summed E-state index contributed by atoms with van der Waals surface area (Å²) in [7, 11) is 1.74. The third-order valence-electron chi connectivity index (χ3n) is 4.41. The van der Waals surface area contributed by atoms with E-state index >= 15 is 0 Å². The molecule has 0 saturated heterocycles. The molecule has 1 saturated carbocycles. The molecule has 1 aliphatic rings. The van der Waals surface area contributed by atoms with Gasteiger partial charge in [0.05, 0.1) is 5.41 Å². The fourth-order valence-electron chi connectivity index (χ4n) is 3.14. The van der Waals surface area contributed by atoms with Gasteiger partial charge in [0, 0.05) is 19.2 Å². The Morgan fingerprint density at radius 3 is 2.60 bits per heavy atom. The molecule has 0 unspecified atom stereocenters. The van der Waals surface area contributed by atoms with Crippen molar-refractivity contribution < 1.29 is 9.18 Å². The van der Waals surface area contributed by atoms with Gasteiger partial charge < -0.3 is 0 Å². The molecule has 3 heteroatoms. The van der Waals surface area contributed by atoms with Crippen molar-refractivity contribution in [2.75, 3.05) is 7.05 Å². The van der Waals surface area contributed by atoms with Crippen LogP contribution in [0.4, 0.5) is 4.39 Å². The van der Waals surface area contributed by atoms with Crippen LogP contribution in [0.1, 0.15) is 37.8 Å². The van der Waals surface area contributed by atoms with Gasteiger partial charge in [-0.3, -0.25) is 9.79 Å². The molecule has 0 heterocycles. The van der Waals surface area contributed by atoms with Crippen LogP contribution >= 0.6 is 0 Å². The first kappa shape index (κ1) is 14.6. The summed E-state index contributed by atoms with van der Waals surface area (Å²) in [5.74, 6) is -0.184. The quantitative estimate of drug-likeness (QED) is 0.806. The van der Waals surface area contributed by atoms with E-state index in [9.17, 15) is 9.18 Å². The number of halogens is 1. The fourth-order valence-corrected chi connectivity index (χ4v) is 3.14. The number of aliphatic imine (C=N–C) groups is 1. The minimum atomic E-state index is -0.664. The van der Waals surface area contributed by atoms with E-state index in [2.05, 4.69) is 4.99 Å². The SMILES string of the molecule is C/C=C1/C[C@@](C(C)=O)(c2cccc(F)c2C)C/C1=N/C. The highest BCUT2D eigenvalue weighted by Gasteiger charge is 2.46. The predicted molar refractivity (Wildman–Crippen MR) is 79.8 cm³/mol. The number of rotatable bonds is 2. The smallest absolute Gasteiger partial charge is 0.141 e. The first-order chi connectivity index (χ1) is 9.46. The van der Waals surface area contributed by atoms with Crippen molar-refractivity contribution in [1.29, 1.82) is 0 Å². The second-order valence-corrected chi connectivity index (χ2v) is 5.39. The van der Waals surface area contributed by atoms with Crippen molar-refractivity contribution in [2.24, 2.45) is 4.99 Å². The van der Waals surface area contributed by atoms with Crippen LogP contribution in [-0.4, -0.2) is 18.5 Å². The number of hydrogen-bond acceptors (Lipinski definition) is 2. The lowest BCUT2D eigenvalue weighted by atomic mass is 9.73. The summed E-state index contributed by atoms with van der Waals surface area (Å²) in [4.78, 5) is 16.6. The number of hydrogen-bond donors (Lipinski definition) is 0. The van der Waals surface area contributed by atoms with Gasteiger partial charge in [0.1, 0.15) is 11.6 Å². The van der Waals surface area contributed by atoms with E-state index < -0.39 is 5.41 Å². The van der Waals surface area contributed by atoms with E-state index in [4.69, 9.17) is 0 Å². The molecule has 0 radical (unpaired) electrons. The van der Waals surface area contributed by atoms with E-state index in [0.29, 0.717) is 18.4 Å². The molecule has 0 bridgehead atoms. The third-order valence-corrected chi connectivity index (χ3v) is 4.41. The lowest BCUT2D eigenvalue weighted by Gasteiger charge is -2.27. The summed E-state index contributed by atoms with van der Waals surface area (Å²) in [6, 6.07) is 4.98. The molecule has 1 aromatic carbocycles. The zero-order valence-corrected chi connectivity index (χ0v) is 12.5. The molecule has 1 aliphatic carbocycles. The van der Waals surface area contributed by atoms with Gasteiger partial charge in [-0.25, -0.2) is 4.39 Å². The van der Waals surface area contributed by atoms with Gasteiger partial charge in [0.15, 0.2) is 0 Å². The van der Waals surface area contributed by atoms with Gasteiger partial charge in [-0.15, -0.1) is 0 Å². The molecule has 1 aromatic rings.